The fourth-order valence-electron chi connectivity index (χ4n) is 1.36. The van der Waals surface area contributed by atoms with Crippen molar-refractivity contribution in [2.75, 3.05) is 5.32 Å². The van der Waals surface area contributed by atoms with Gasteiger partial charge >= 0.3 is 0 Å². The summed E-state index contributed by atoms with van der Waals surface area (Å²) < 4.78 is 0.733. The van der Waals surface area contributed by atoms with Crippen LogP contribution in [0.5, 0.6) is 0 Å². The van der Waals surface area contributed by atoms with Crippen LogP contribution >= 0.6 is 50.7 Å². The molecule has 1 heterocycles. The Labute approximate surface area is 128 Å². The van der Waals surface area contributed by atoms with Gasteiger partial charge < -0.3 is 5.32 Å². The number of halogens is 4. The number of hydrogen-bond acceptors (Lipinski definition) is 3. The van der Waals surface area contributed by atoms with E-state index in [1.165, 1.54) is 0 Å². The smallest absolute Gasteiger partial charge is 0.135 e. The molecule has 0 aliphatic carbocycles. The molecule has 0 aliphatic rings. The summed E-state index contributed by atoms with van der Waals surface area (Å²) in [7, 11) is 0. The molecule has 7 heteroatoms. The summed E-state index contributed by atoms with van der Waals surface area (Å²) >= 11 is 21.3. The zero-order valence-corrected chi connectivity index (χ0v) is 13.0. The van der Waals surface area contributed by atoms with E-state index in [1.54, 1.807) is 25.1 Å². The Hall–Kier alpha value is -0.550. The average Bonchev–Trinajstić information content (AvgIpc) is 2.29. The number of benzene rings is 1. The fraction of sp³-hybridized carbons (Fsp3) is 0.0909. The van der Waals surface area contributed by atoms with Crippen LogP contribution in [0.3, 0.4) is 0 Å². The summed E-state index contributed by atoms with van der Waals surface area (Å²) in [6.07, 6.45) is 0. The first-order valence-electron chi connectivity index (χ1n) is 4.89. The molecule has 1 aromatic carbocycles. The molecule has 0 unspecified atom stereocenters. The van der Waals surface area contributed by atoms with E-state index in [4.69, 9.17) is 34.8 Å². The van der Waals surface area contributed by atoms with E-state index in [0.29, 0.717) is 32.5 Å². The van der Waals surface area contributed by atoms with Crippen molar-refractivity contribution in [1.82, 2.24) is 9.97 Å². The van der Waals surface area contributed by atoms with Crippen LogP contribution in [0.15, 0.2) is 22.7 Å². The van der Waals surface area contributed by atoms with Crippen molar-refractivity contribution in [2.24, 2.45) is 0 Å². The van der Waals surface area contributed by atoms with E-state index >= 15 is 0 Å². The molecular weight excluding hydrogens is 360 g/mol. The van der Waals surface area contributed by atoms with Crippen LogP contribution in [0, 0.1) is 6.92 Å². The number of aryl methyl sites for hydroxylation is 1. The molecule has 0 fully saturated rings. The van der Waals surface area contributed by atoms with E-state index in [2.05, 4.69) is 31.2 Å². The van der Waals surface area contributed by atoms with Gasteiger partial charge in [0.2, 0.25) is 0 Å². The van der Waals surface area contributed by atoms with E-state index in [0.717, 1.165) is 4.47 Å². The maximum atomic E-state index is 6.13. The average molecular weight is 367 g/mol. The minimum absolute atomic E-state index is 0.365. The predicted molar refractivity (Wildman–Crippen MR) is 79.2 cm³/mol. The summed E-state index contributed by atoms with van der Waals surface area (Å²) in [6.45, 7) is 1.76. The fourth-order valence-corrected chi connectivity index (χ4v) is 2.40. The topological polar surface area (TPSA) is 37.8 Å². The maximum absolute atomic E-state index is 6.13. The lowest BCUT2D eigenvalue weighted by atomic mass is 10.3. The molecule has 0 amide bonds. The van der Waals surface area contributed by atoms with Gasteiger partial charge in [-0.25, -0.2) is 9.97 Å². The van der Waals surface area contributed by atoms with Crippen molar-refractivity contribution < 1.29 is 0 Å². The van der Waals surface area contributed by atoms with Gasteiger partial charge in [-0.1, -0.05) is 34.8 Å². The van der Waals surface area contributed by atoms with Gasteiger partial charge in [0.15, 0.2) is 0 Å². The Bertz CT molecular complexity index is 584. The lowest BCUT2D eigenvalue weighted by molar-refractivity contribution is 1.06. The first-order valence-corrected chi connectivity index (χ1v) is 6.82. The first-order chi connectivity index (χ1) is 8.47. The molecule has 1 aromatic heterocycles. The number of hydrogen-bond donors (Lipinski definition) is 1. The Morgan fingerprint density at radius 2 is 1.83 bits per heavy atom. The highest BCUT2D eigenvalue weighted by Gasteiger charge is 2.09. The highest BCUT2D eigenvalue weighted by molar-refractivity contribution is 9.10. The Morgan fingerprint density at radius 1 is 1.11 bits per heavy atom. The molecule has 1 N–H and O–H groups in total. The van der Waals surface area contributed by atoms with Gasteiger partial charge in [-0.15, -0.1) is 0 Å². The van der Waals surface area contributed by atoms with Crippen LogP contribution in [-0.4, -0.2) is 9.97 Å². The van der Waals surface area contributed by atoms with Gasteiger partial charge in [0.05, 0.1) is 15.7 Å². The molecule has 0 spiro atoms. The SMILES string of the molecule is Cc1nc(Cl)cc(Nc2ccc(Br)c(Cl)c2Cl)n1. The summed E-state index contributed by atoms with van der Waals surface area (Å²) in [5, 5.41) is 4.27. The highest BCUT2D eigenvalue weighted by atomic mass is 79.9. The van der Waals surface area contributed by atoms with Crippen molar-refractivity contribution in [2.45, 2.75) is 6.92 Å². The molecular formula is C11H7BrCl3N3. The van der Waals surface area contributed by atoms with Crippen LogP contribution in [0.4, 0.5) is 11.5 Å². The molecule has 0 aliphatic heterocycles. The van der Waals surface area contributed by atoms with Gasteiger partial charge in [-0.05, 0) is 35.0 Å². The van der Waals surface area contributed by atoms with Gasteiger partial charge in [-0.3, -0.25) is 0 Å². The molecule has 94 valence electrons. The van der Waals surface area contributed by atoms with Gasteiger partial charge in [0.1, 0.15) is 16.8 Å². The Kier molecular flexibility index (Phi) is 4.33. The van der Waals surface area contributed by atoms with E-state index in [9.17, 15) is 0 Å². The highest BCUT2D eigenvalue weighted by Crippen LogP contribution is 2.36. The van der Waals surface area contributed by atoms with Crippen molar-refractivity contribution in [3.05, 3.63) is 43.7 Å². The van der Waals surface area contributed by atoms with E-state index in [1.807, 2.05) is 0 Å². The summed E-state index contributed by atoms with van der Waals surface area (Å²) in [5.41, 5.74) is 0.652. The van der Waals surface area contributed by atoms with Crippen molar-refractivity contribution in [3.8, 4) is 0 Å². The summed E-state index contributed by atoms with van der Waals surface area (Å²) in [5.74, 6) is 1.14. The molecule has 0 radical (unpaired) electrons. The predicted octanol–water partition coefficient (Wildman–Crippen LogP) is 5.25. The third-order valence-corrected chi connectivity index (χ3v) is 4.07. The van der Waals surface area contributed by atoms with Gasteiger partial charge in [0.25, 0.3) is 0 Å². The van der Waals surface area contributed by atoms with Crippen LogP contribution in [0.2, 0.25) is 15.2 Å². The number of rotatable bonds is 2. The van der Waals surface area contributed by atoms with Crippen molar-refractivity contribution in [3.63, 3.8) is 0 Å². The molecule has 0 saturated heterocycles. The van der Waals surface area contributed by atoms with Crippen molar-refractivity contribution >= 4 is 62.2 Å². The number of anilines is 2. The lowest BCUT2D eigenvalue weighted by Gasteiger charge is -2.10. The number of nitrogens with zero attached hydrogens (tertiary/aromatic N) is 2. The van der Waals surface area contributed by atoms with Gasteiger partial charge in [-0.2, -0.15) is 0 Å². The van der Waals surface area contributed by atoms with Crippen molar-refractivity contribution in [1.29, 1.82) is 0 Å². The second-order valence-corrected chi connectivity index (χ2v) is 5.47. The maximum Gasteiger partial charge on any atom is 0.135 e. The largest absolute Gasteiger partial charge is 0.339 e. The molecule has 2 rings (SSSR count). The summed E-state index contributed by atoms with van der Waals surface area (Å²) in [4.78, 5) is 8.18. The van der Waals surface area contributed by atoms with Gasteiger partial charge in [0, 0.05) is 10.5 Å². The first kappa shape index (κ1) is 13.9. The zero-order chi connectivity index (χ0) is 13.3. The quantitative estimate of drug-likeness (QED) is 0.582. The number of aromatic nitrogens is 2. The van der Waals surface area contributed by atoms with E-state index < -0.39 is 0 Å². The minimum atomic E-state index is 0.365. The monoisotopic (exact) mass is 365 g/mol. The molecule has 0 bridgehead atoms. The normalized spacial score (nSPS) is 10.5. The van der Waals surface area contributed by atoms with Crippen LogP contribution in [0.1, 0.15) is 5.82 Å². The lowest BCUT2D eigenvalue weighted by Crippen LogP contribution is -1.98. The second-order valence-electron chi connectivity index (χ2n) is 3.47. The standard InChI is InChI=1S/C11H7BrCl3N3/c1-5-16-8(13)4-9(17-5)18-7-3-2-6(12)10(14)11(7)15/h2-4H,1H3,(H,16,17,18). The molecule has 18 heavy (non-hydrogen) atoms. The van der Waals surface area contributed by atoms with Crippen LogP contribution < -0.4 is 5.32 Å². The summed E-state index contributed by atoms with van der Waals surface area (Å²) in [6, 6.07) is 5.21. The third-order valence-electron chi connectivity index (χ3n) is 2.10. The Morgan fingerprint density at radius 3 is 2.50 bits per heavy atom. The van der Waals surface area contributed by atoms with Crippen LogP contribution in [0.25, 0.3) is 0 Å². The minimum Gasteiger partial charge on any atom is -0.339 e. The zero-order valence-electron chi connectivity index (χ0n) is 9.14. The molecule has 0 atom stereocenters. The molecule has 3 nitrogen and oxygen atoms in total. The Balaban J connectivity index is 2.37. The molecule has 0 saturated carbocycles. The van der Waals surface area contributed by atoms with Crippen LogP contribution in [-0.2, 0) is 0 Å². The van der Waals surface area contributed by atoms with E-state index in [-0.39, 0.29) is 0 Å². The molecule has 2 aromatic rings. The third kappa shape index (κ3) is 3.06. The number of nitrogens with one attached hydrogen (secondary N) is 1. The second kappa shape index (κ2) is 5.61.